The second kappa shape index (κ2) is 7.29. The van der Waals surface area contributed by atoms with Crippen molar-refractivity contribution in [1.29, 1.82) is 0 Å². The summed E-state index contributed by atoms with van der Waals surface area (Å²) in [5, 5.41) is 11.0. The number of hydrogen-bond acceptors (Lipinski definition) is 6. The fourth-order valence-electron chi connectivity index (χ4n) is 2.13. The normalized spacial score (nSPS) is 11.0. The zero-order valence-electron chi connectivity index (χ0n) is 14.6. The maximum atomic E-state index is 11.9. The van der Waals surface area contributed by atoms with E-state index in [1.54, 1.807) is 52.0 Å². The second-order valence-corrected chi connectivity index (χ2v) is 6.55. The number of pyridine rings is 1. The van der Waals surface area contributed by atoms with Crippen LogP contribution in [0.3, 0.4) is 0 Å². The molecule has 0 saturated heterocycles. The first-order chi connectivity index (χ1) is 11.6. The highest BCUT2D eigenvalue weighted by Gasteiger charge is 2.17. The standard InChI is InChI=1S/C18H20N2O5/c1-12-5-6-14(11-16(12)20(22)23)24-15-7-8-19-13(9-15)10-17(21)25-18(2,3)4/h5-9,11H,10H2,1-4H3. The van der Waals surface area contributed by atoms with Crippen LogP contribution >= 0.6 is 0 Å². The van der Waals surface area contributed by atoms with Crippen molar-refractivity contribution in [3.63, 3.8) is 0 Å². The van der Waals surface area contributed by atoms with E-state index in [0.717, 1.165) is 0 Å². The fourth-order valence-corrected chi connectivity index (χ4v) is 2.13. The summed E-state index contributed by atoms with van der Waals surface area (Å²) in [6, 6.07) is 7.86. The van der Waals surface area contributed by atoms with Gasteiger partial charge < -0.3 is 9.47 Å². The number of aromatic nitrogens is 1. The van der Waals surface area contributed by atoms with E-state index in [-0.39, 0.29) is 18.1 Å². The first-order valence-corrected chi connectivity index (χ1v) is 7.74. The summed E-state index contributed by atoms with van der Waals surface area (Å²) in [6.45, 7) is 7.04. The minimum absolute atomic E-state index is 0.0134. The quantitative estimate of drug-likeness (QED) is 0.463. The Kier molecular flexibility index (Phi) is 5.36. The number of carbonyl (C=O) groups excluding carboxylic acids is 1. The number of nitrogens with zero attached hydrogens (tertiary/aromatic N) is 2. The lowest BCUT2D eigenvalue weighted by Crippen LogP contribution is -2.25. The summed E-state index contributed by atoms with van der Waals surface area (Å²) in [4.78, 5) is 26.5. The number of aryl methyl sites for hydroxylation is 1. The topological polar surface area (TPSA) is 91.6 Å². The Hall–Kier alpha value is -2.96. The number of hydrogen-bond donors (Lipinski definition) is 0. The van der Waals surface area contributed by atoms with Crippen molar-refractivity contribution in [2.24, 2.45) is 0 Å². The highest BCUT2D eigenvalue weighted by molar-refractivity contribution is 5.72. The predicted molar refractivity (Wildman–Crippen MR) is 91.7 cm³/mol. The zero-order chi connectivity index (χ0) is 18.6. The third kappa shape index (κ3) is 5.56. The smallest absolute Gasteiger partial charge is 0.312 e. The van der Waals surface area contributed by atoms with Gasteiger partial charge in [0.1, 0.15) is 17.1 Å². The van der Waals surface area contributed by atoms with Crippen molar-refractivity contribution in [3.05, 3.63) is 57.9 Å². The molecule has 0 spiro atoms. The molecule has 0 amide bonds. The van der Waals surface area contributed by atoms with Crippen molar-refractivity contribution >= 4 is 11.7 Å². The molecule has 0 aliphatic heterocycles. The monoisotopic (exact) mass is 344 g/mol. The predicted octanol–water partition coefficient (Wildman–Crippen LogP) is 3.97. The molecule has 0 aliphatic rings. The van der Waals surface area contributed by atoms with Crippen LogP contribution in [0.5, 0.6) is 11.5 Å². The average Bonchev–Trinajstić information content (AvgIpc) is 2.47. The SMILES string of the molecule is Cc1ccc(Oc2ccnc(CC(=O)OC(C)(C)C)c2)cc1[N+](=O)[O-]. The van der Waals surface area contributed by atoms with Crippen LogP contribution in [-0.4, -0.2) is 21.5 Å². The fraction of sp³-hybridized carbons (Fsp3) is 0.333. The molecule has 1 heterocycles. The van der Waals surface area contributed by atoms with Crippen molar-refractivity contribution in [2.75, 3.05) is 0 Å². The molecule has 0 bridgehead atoms. The van der Waals surface area contributed by atoms with Crippen LogP contribution in [0.2, 0.25) is 0 Å². The highest BCUT2D eigenvalue weighted by atomic mass is 16.6. The Morgan fingerprint density at radius 1 is 1.20 bits per heavy atom. The molecule has 2 rings (SSSR count). The van der Waals surface area contributed by atoms with Gasteiger partial charge in [0, 0.05) is 17.8 Å². The van der Waals surface area contributed by atoms with E-state index in [4.69, 9.17) is 9.47 Å². The maximum Gasteiger partial charge on any atom is 0.312 e. The molecule has 2 aromatic rings. The van der Waals surface area contributed by atoms with Crippen molar-refractivity contribution in [3.8, 4) is 11.5 Å². The summed E-state index contributed by atoms with van der Waals surface area (Å²) in [7, 11) is 0. The molecule has 0 radical (unpaired) electrons. The van der Waals surface area contributed by atoms with Crippen LogP contribution in [0.4, 0.5) is 5.69 Å². The largest absolute Gasteiger partial charge is 0.460 e. The van der Waals surface area contributed by atoms with E-state index < -0.39 is 10.5 Å². The molecule has 0 atom stereocenters. The lowest BCUT2D eigenvalue weighted by Gasteiger charge is -2.19. The molecule has 1 aromatic heterocycles. The highest BCUT2D eigenvalue weighted by Crippen LogP contribution is 2.28. The van der Waals surface area contributed by atoms with Crippen molar-refractivity contribution in [2.45, 2.75) is 39.7 Å². The van der Waals surface area contributed by atoms with E-state index >= 15 is 0 Å². The minimum Gasteiger partial charge on any atom is -0.460 e. The average molecular weight is 344 g/mol. The van der Waals surface area contributed by atoms with Gasteiger partial charge in [0.05, 0.1) is 23.1 Å². The van der Waals surface area contributed by atoms with Crippen LogP contribution in [0, 0.1) is 17.0 Å². The number of ether oxygens (including phenoxy) is 2. The molecule has 7 nitrogen and oxygen atoms in total. The van der Waals surface area contributed by atoms with Crippen LogP contribution in [0.25, 0.3) is 0 Å². The van der Waals surface area contributed by atoms with Gasteiger partial charge in [0.2, 0.25) is 0 Å². The Bertz CT molecular complexity index is 796. The number of benzene rings is 1. The van der Waals surface area contributed by atoms with Gasteiger partial charge >= 0.3 is 5.97 Å². The molecular weight excluding hydrogens is 324 g/mol. The third-order valence-corrected chi connectivity index (χ3v) is 3.15. The van der Waals surface area contributed by atoms with Gasteiger partial charge in [-0.1, -0.05) is 0 Å². The van der Waals surface area contributed by atoms with E-state index in [2.05, 4.69) is 4.98 Å². The molecule has 1 aromatic carbocycles. The number of nitro benzene ring substituents is 1. The van der Waals surface area contributed by atoms with Gasteiger partial charge in [-0.3, -0.25) is 19.9 Å². The summed E-state index contributed by atoms with van der Waals surface area (Å²) in [6.07, 6.45) is 1.53. The molecule has 7 heteroatoms. The number of esters is 1. The van der Waals surface area contributed by atoms with Crippen molar-refractivity contribution < 1.29 is 19.2 Å². The van der Waals surface area contributed by atoms with Crippen LogP contribution < -0.4 is 4.74 Å². The van der Waals surface area contributed by atoms with Gasteiger partial charge in [0.15, 0.2) is 0 Å². The van der Waals surface area contributed by atoms with Crippen LogP contribution in [0.1, 0.15) is 32.0 Å². The molecule has 0 N–H and O–H groups in total. The number of nitro groups is 1. The maximum absolute atomic E-state index is 11.9. The van der Waals surface area contributed by atoms with Gasteiger partial charge in [0.25, 0.3) is 5.69 Å². The Labute approximate surface area is 145 Å². The van der Waals surface area contributed by atoms with E-state index in [9.17, 15) is 14.9 Å². The first kappa shape index (κ1) is 18.4. The Morgan fingerprint density at radius 3 is 2.52 bits per heavy atom. The van der Waals surface area contributed by atoms with Crippen LogP contribution in [-0.2, 0) is 16.0 Å². The third-order valence-electron chi connectivity index (χ3n) is 3.15. The Morgan fingerprint density at radius 2 is 1.88 bits per heavy atom. The van der Waals surface area contributed by atoms with E-state index in [0.29, 0.717) is 22.8 Å². The molecule has 25 heavy (non-hydrogen) atoms. The molecule has 0 unspecified atom stereocenters. The molecule has 132 valence electrons. The summed E-state index contributed by atoms with van der Waals surface area (Å²) < 4.78 is 10.9. The summed E-state index contributed by atoms with van der Waals surface area (Å²) in [5.41, 5.74) is 0.470. The minimum atomic E-state index is -0.563. The van der Waals surface area contributed by atoms with Gasteiger partial charge in [-0.05, 0) is 45.9 Å². The van der Waals surface area contributed by atoms with Crippen molar-refractivity contribution in [1.82, 2.24) is 4.98 Å². The molecule has 0 saturated carbocycles. The zero-order valence-corrected chi connectivity index (χ0v) is 14.6. The van der Waals surface area contributed by atoms with E-state index in [1.165, 1.54) is 12.3 Å². The summed E-state index contributed by atoms with van der Waals surface area (Å²) in [5.74, 6) is 0.390. The van der Waals surface area contributed by atoms with Gasteiger partial charge in [-0.2, -0.15) is 0 Å². The lowest BCUT2D eigenvalue weighted by atomic mass is 10.2. The molecule has 0 fully saturated rings. The number of carbonyl (C=O) groups is 1. The Balaban J connectivity index is 2.13. The molecule has 0 aliphatic carbocycles. The number of rotatable bonds is 5. The second-order valence-electron chi connectivity index (χ2n) is 6.55. The van der Waals surface area contributed by atoms with Crippen LogP contribution in [0.15, 0.2) is 36.5 Å². The first-order valence-electron chi connectivity index (χ1n) is 7.74. The van der Waals surface area contributed by atoms with E-state index in [1.807, 2.05) is 0 Å². The van der Waals surface area contributed by atoms with Gasteiger partial charge in [-0.15, -0.1) is 0 Å². The lowest BCUT2D eigenvalue weighted by molar-refractivity contribution is -0.385. The van der Waals surface area contributed by atoms with Gasteiger partial charge in [-0.25, -0.2) is 0 Å². The summed E-state index contributed by atoms with van der Waals surface area (Å²) >= 11 is 0. The molecular formula is C18H20N2O5.